The normalized spacial score (nSPS) is 13.6. The van der Waals surface area contributed by atoms with Gasteiger partial charge in [-0.3, -0.25) is 29.2 Å². The van der Waals surface area contributed by atoms with Crippen LogP contribution >= 0.6 is 0 Å². The standard InChI is InChI=1S/C22H44N12O6/c23-8-2-1-6-14(20(39)40)33-18(37)13(7-4-10-31-22(28)29)32-19(38)15(11-16(25)35)34-17(36)12(24)5-3-9-30-21(26)27/h12-15H,1-11,23-24H2,(H2,25,35)(H,32,38)(H,33,37)(H,34,36)(H,39,40)(H4,26,27,30)(H4,28,29,31). The quantitative estimate of drug-likeness (QED) is 0.0349. The Bertz CT molecular complexity index is 905. The van der Waals surface area contributed by atoms with E-state index in [9.17, 15) is 29.1 Å². The van der Waals surface area contributed by atoms with Crippen molar-refractivity contribution in [1.29, 1.82) is 0 Å². The van der Waals surface area contributed by atoms with Gasteiger partial charge in [-0.25, -0.2) is 4.79 Å². The first-order chi connectivity index (χ1) is 18.8. The highest BCUT2D eigenvalue weighted by molar-refractivity contribution is 5.96. The summed E-state index contributed by atoms with van der Waals surface area (Å²) < 4.78 is 0. The Morgan fingerprint density at radius 3 is 1.62 bits per heavy atom. The molecule has 18 heteroatoms. The van der Waals surface area contributed by atoms with Crippen LogP contribution in [0.4, 0.5) is 0 Å². The number of carbonyl (C=O) groups is 5. The molecule has 0 aromatic heterocycles. The molecule has 0 saturated heterocycles. The highest BCUT2D eigenvalue weighted by Crippen LogP contribution is 2.06. The van der Waals surface area contributed by atoms with Crippen molar-refractivity contribution in [2.45, 2.75) is 75.5 Å². The van der Waals surface area contributed by atoms with E-state index < -0.39 is 60.2 Å². The van der Waals surface area contributed by atoms with Crippen molar-refractivity contribution in [3.63, 3.8) is 0 Å². The molecule has 0 aliphatic rings. The van der Waals surface area contributed by atoms with Crippen molar-refractivity contribution in [3.05, 3.63) is 0 Å². The van der Waals surface area contributed by atoms with E-state index in [1.807, 2.05) is 0 Å². The maximum atomic E-state index is 13.1. The monoisotopic (exact) mass is 572 g/mol. The van der Waals surface area contributed by atoms with Crippen molar-refractivity contribution in [2.75, 3.05) is 19.6 Å². The molecule has 0 spiro atoms. The molecule has 0 bridgehead atoms. The van der Waals surface area contributed by atoms with E-state index in [0.717, 1.165) is 0 Å². The number of hydrogen-bond acceptors (Lipinski definition) is 9. The summed E-state index contributed by atoms with van der Waals surface area (Å²) in [5.41, 5.74) is 37.7. The van der Waals surface area contributed by atoms with Crippen molar-refractivity contribution in [3.8, 4) is 0 Å². The van der Waals surface area contributed by atoms with E-state index in [2.05, 4.69) is 25.9 Å². The molecule has 0 aromatic rings. The molecule has 0 rings (SSSR count). The highest BCUT2D eigenvalue weighted by Gasteiger charge is 2.30. The summed E-state index contributed by atoms with van der Waals surface area (Å²) in [4.78, 5) is 69.5. The minimum absolute atomic E-state index is 0.00500. The molecule has 0 aliphatic heterocycles. The summed E-state index contributed by atoms with van der Waals surface area (Å²) in [5.74, 6) is -4.89. The Hall–Kier alpha value is -4.19. The topological polar surface area (TPSA) is 349 Å². The van der Waals surface area contributed by atoms with Gasteiger partial charge in [0.15, 0.2) is 11.9 Å². The Balaban J connectivity index is 5.57. The second-order valence-electron chi connectivity index (χ2n) is 8.98. The highest BCUT2D eigenvalue weighted by atomic mass is 16.4. The van der Waals surface area contributed by atoms with E-state index in [1.54, 1.807) is 0 Å². The molecule has 4 amide bonds. The third kappa shape index (κ3) is 16.6. The number of carbonyl (C=O) groups excluding carboxylic acids is 4. The van der Waals surface area contributed by atoms with Crippen molar-refractivity contribution < 1.29 is 29.1 Å². The fraction of sp³-hybridized carbons (Fsp3) is 0.682. The smallest absolute Gasteiger partial charge is 0.326 e. The number of hydrogen-bond donors (Lipinski definition) is 11. The number of nitrogens with one attached hydrogen (secondary N) is 3. The Morgan fingerprint density at radius 1 is 0.650 bits per heavy atom. The zero-order valence-electron chi connectivity index (χ0n) is 22.5. The maximum absolute atomic E-state index is 13.1. The predicted octanol–water partition coefficient (Wildman–Crippen LogP) is -5.04. The molecular formula is C22H44N12O6. The molecular weight excluding hydrogens is 528 g/mol. The lowest BCUT2D eigenvalue weighted by atomic mass is 10.1. The SMILES string of the molecule is NCCCCC(NC(=O)C(CCCN=C(N)N)NC(=O)C(CC(N)=O)NC(=O)C(N)CCCN=C(N)N)C(=O)O. The minimum Gasteiger partial charge on any atom is -0.480 e. The third-order valence-electron chi connectivity index (χ3n) is 5.48. The van der Waals surface area contributed by atoms with Gasteiger partial charge < -0.3 is 61.2 Å². The molecule has 18 nitrogen and oxygen atoms in total. The Morgan fingerprint density at radius 2 is 1.12 bits per heavy atom. The van der Waals surface area contributed by atoms with Crippen LogP contribution in [0.25, 0.3) is 0 Å². The number of unbranched alkanes of at least 4 members (excludes halogenated alkanes) is 1. The summed E-state index contributed by atoms with van der Waals surface area (Å²) in [6.45, 7) is 0.711. The van der Waals surface area contributed by atoms with Gasteiger partial charge in [0.2, 0.25) is 23.6 Å². The summed E-state index contributed by atoms with van der Waals surface area (Å²) in [6, 6.07) is -4.99. The van der Waals surface area contributed by atoms with Crippen LogP contribution in [0.15, 0.2) is 9.98 Å². The van der Waals surface area contributed by atoms with Crippen LogP contribution in [0.1, 0.15) is 51.4 Å². The van der Waals surface area contributed by atoms with Gasteiger partial charge in [-0.15, -0.1) is 0 Å². The fourth-order valence-electron chi connectivity index (χ4n) is 3.41. The lowest BCUT2D eigenvalue weighted by Gasteiger charge is -2.25. The molecule has 4 unspecified atom stereocenters. The van der Waals surface area contributed by atoms with Gasteiger partial charge in [0.1, 0.15) is 18.1 Å². The number of guanidine groups is 2. The van der Waals surface area contributed by atoms with E-state index in [4.69, 9.17) is 40.1 Å². The van der Waals surface area contributed by atoms with Crippen LogP contribution in [-0.2, 0) is 24.0 Å². The number of nitrogens with two attached hydrogens (primary N) is 7. The summed E-state index contributed by atoms with van der Waals surface area (Å²) in [7, 11) is 0. The number of aliphatic imine (C=N–C) groups is 2. The number of nitrogens with zero attached hydrogens (tertiary/aromatic N) is 2. The fourth-order valence-corrected chi connectivity index (χ4v) is 3.41. The zero-order chi connectivity index (χ0) is 30.7. The summed E-state index contributed by atoms with van der Waals surface area (Å²) >= 11 is 0. The van der Waals surface area contributed by atoms with Gasteiger partial charge in [-0.05, 0) is 51.5 Å². The van der Waals surface area contributed by atoms with Crippen molar-refractivity contribution >= 4 is 41.5 Å². The average molecular weight is 573 g/mol. The zero-order valence-corrected chi connectivity index (χ0v) is 22.5. The molecule has 0 fully saturated rings. The third-order valence-corrected chi connectivity index (χ3v) is 5.48. The Kier molecular flexibility index (Phi) is 17.7. The second-order valence-corrected chi connectivity index (χ2v) is 8.98. The van der Waals surface area contributed by atoms with E-state index in [1.165, 1.54) is 0 Å². The maximum Gasteiger partial charge on any atom is 0.326 e. The van der Waals surface area contributed by atoms with Gasteiger partial charge in [-0.1, -0.05) is 0 Å². The van der Waals surface area contributed by atoms with Gasteiger partial charge in [0, 0.05) is 13.1 Å². The van der Waals surface area contributed by atoms with Crippen molar-refractivity contribution in [2.24, 2.45) is 50.1 Å². The molecule has 0 saturated carbocycles. The first kappa shape index (κ1) is 35.8. The van der Waals surface area contributed by atoms with E-state index >= 15 is 0 Å². The molecule has 18 N–H and O–H groups in total. The largest absolute Gasteiger partial charge is 0.480 e. The van der Waals surface area contributed by atoms with Crippen LogP contribution in [-0.4, -0.2) is 90.4 Å². The summed E-state index contributed by atoms with van der Waals surface area (Å²) in [6.07, 6.45) is 1.32. The molecule has 228 valence electrons. The van der Waals surface area contributed by atoms with Gasteiger partial charge >= 0.3 is 5.97 Å². The molecule has 40 heavy (non-hydrogen) atoms. The molecule has 4 atom stereocenters. The van der Waals surface area contributed by atoms with E-state index in [0.29, 0.717) is 25.8 Å². The van der Waals surface area contributed by atoms with Crippen LogP contribution in [0.2, 0.25) is 0 Å². The molecule has 0 aliphatic carbocycles. The number of primary amides is 1. The number of amides is 4. The molecule has 0 aromatic carbocycles. The summed E-state index contributed by atoms with van der Waals surface area (Å²) in [5, 5.41) is 16.7. The number of carboxylic acid groups (broad SMARTS) is 1. The number of rotatable bonds is 21. The lowest BCUT2D eigenvalue weighted by Crippen LogP contribution is -2.57. The van der Waals surface area contributed by atoms with Crippen LogP contribution in [0.3, 0.4) is 0 Å². The first-order valence-electron chi connectivity index (χ1n) is 12.8. The molecule has 0 heterocycles. The van der Waals surface area contributed by atoms with Gasteiger partial charge in [0.25, 0.3) is 0 Å². The number of aliphatic carboxylic acids is 1. The Labute approximate surface area is 232 Å². The lowest BCUT2D eigenvalue weighted by molar-refractivity contribution is -0.142. The van der Waals surface area contributed by atoms with Gasteiger partial charge in [-0.2, -0.15) is 0 Å². The van der Waals surface area contributed by atoms with Crippen LogP contribution in [0.5, 0.6) is 0 Å². The van der Waals surface area contributed by atoms with E-state index in [-0.39, 0.29) is 50.7 Å². The average Bonchev–Trinajstić information content (AvgIpc) is 2.86. The van der Waals surface area contributed by atoms with Crippen LogP contribution < -0.4 is 56.1 Å². The second kappa shape index (κ2) is 19.8. The predicted molar refractivity (Wildman–Crippen MR) is 148 cm³/mol. The van der Waals surface area contributed by atoms with Crippen LogP contribution in [0, 0.1) is 0 Å². The number of carboxylic acids is 1. The molecule has 0 radical (unpaired) electrons. The first-order valence-corrected chi connectivity index (χ1v) is 12.8. The van der Waals surface area contributed by atoms with Crippen molar-refractivity contribution in [1.82, 2.24) is 16.0 Å². The van der Waals surface area contributed by atoms with Gasteiger partial charge in [0.05, 0.1) is 12.5 Å². The minimum atomic E-state index is -1.46.